The number of aliphatic hydroxyl groups excluding tert-OH is 1. The number of hydrogen-bond acceptors (Lipinski definition) is 2. The summed E-state index contributed by atoms with van der Waals surface area (Å²) in [7, 11) is 0. The fourth-order valence-electron chi connectivity index (χ4n) is 3.86. The highest BCUT2D eigenvalue weighted by atomic mass is 19.1. The Morgan fingerprint density at radius 2 is 2.05 bits per heavy atom. The highest BCUT2D eigenvalue weighted by molar-refractivity contribution is 5.57. The molecule has 0 spiro atoms. The molecule has 1 saturated heterocycles. The molecule has 2 fully saturated rings. The van der Waals surface area contributed by atoms with Crippen LogP contribution in [-0.4, -0.2) is 17.7 Å². The van der Waals surface area contributed by atoms with Crippen LogP contribution in [0.25, 0.3) is 0 Å². The second kappa shape index (κ2) is 5.12. The van der Waals surface area contributed by atoms with E-state index >= 15 is 0 Å². The number of hydrogen-bond donors (Lipinski definition) is 1. The van der Waals surface area contributed by atoms with Gasteiger partial charge in [0.1, 0.15) is 5.82 Å². The maximum Gasteiger partial charge on any atom is 0.146 e. The molecule has 1 aromatic carbocycles. The Morgan fingerprint density at radius 3 is 2.84 bits per heavy atom. The standard InChI is InChI=1S/C16H22FNO/c1-11(19)13-6-4-7-14(17)16(13)18-10-9-12-5-2-3-8-15(12)18/h4,6-7,11-12,15,19H,2-3,5,8-10H2,1H3/t11-,12?,15?/m0/s1. The van der Waals surface area contributed by atoms with Gasteiger partial charge in [0.25, 0.3) is 0 Å². The molecule has 2 aliphatic rings. The van der Waals surface area contributed by atoms with Gasteiger partial charge < -0.3 is 10.0 Å². The van der Waals surface area contributed by atoms with Crippen molar-refractivity contribution in [1.82, 2.24) is 0 Å². The van der Waals surface area contributed by atoms with Gasteiger partial charge in [0.15, 0.2) is 0 Å². The van der Waals surface area contributed by atoms with Crippen molar-refractivity contribution in [2.75, 3.05) is 11.4 Å². The minimum atomic E-state index is -0.617. The summed E-state index contributed by atoms with van der Waals surface area (Å²) in [6.07, 6.45) is 5.55. The molecule has 1 saturated carbocycles. The van der Waals surface area contributed by atoms with E-state index in [9.17, 15) is 9.50 Å². The van der Waals surface area contributed by atoms with Gasteiger partial charge in [-0.3, -0.25) is 0 Å². The number of anilines is 1. The summed E-state index contributed by atoms with van der Waals surface area (Å²) in [4.78, 5) is 2.22. The third kappa shape index (κ3) is 2.25. The molecule has 3 heteroatoms. The summed E-state index contributed by atoms with van der Waals surface area (Å²) in [6.45, 7) is 2.64. The fourth-order valence-corrected chi connectivity index (χ4v) is 3.86. The molecule has 0 aromatic heterocycles. The molecule has 0 radical (unpaired) electrons. The molecule has 2 nitrogen and oxygen atoms in total. The second-order valence-corrected chi connectivity index (χ2v) is 5.95. The number of halogens is 1. The first kappa shape index (κ1) is 12.9. The summed E-state index contributed by atoms with van der Waals surface area (Å²) < 4.78 is 14.3. The van der Waals surface area contributed by atoms with Crippen molar-refractivity contribution < 1.29 is 9.50 Å². The van der Waals surface area contributed by atoms with Crippen LogP contribution in [0.15, 0.2) is 18.2 Å². The summed E-state index contributed by atoms with van der Waals surface area (Å²) in [5.74, 6) is 0.528. The Hall–Kier alpha value is -1.09. The van der Waals surface area contributed by atoms with E-state index < -0.39 is 6.10 Å². The van der Waals surface area contributed by atoms with Gasteiger partial charge in [0.05, 0.1) is 11.8 Å². The molecule has 19 heavy (non-hydrogen) atoms. The molecule has 0 amide bonds. The topological polar surface area (TPSA) is 23.5 Å². The lowest BCUT2D eigenvalue weighted by Gasteiger charge is -2.34. The molecular weight excluding hydrogens is 241 g/mol. The SMILES string of the molecule is C[C@H](O)c1cccc(F)c1N1CCC2CCCCC21. The van der Waals surface area contributed by atoms with E-state index in [2.05, 4.69) is 4.90 Å². The largest absolute Gasteiger partial charge is 0.389 e. The maximum atomic E-state index is 14.3. The van der Waals surface area contributed by atoms with Crippen LogP contribution in [0.5, 0.6) is 0 Å². The highest BCUT2D eigenvalue weighted by Crippen LogP contribution is 2.41. The summed E-state index contributed by atoms with van der Waals surface area (Å²) in [6, 6.07) is 5.52. The minimum Gasteiger partial charge on any atom is -0.389 e. The number of fused-ring (bicyclic) bond motifs is 1. The van der Waals surface area contributed by atoms with Crippen LogP contribution in [0.1, 0.15) is 50.7 Å². The molecule has 1 aliphatic carbocycles. The van der Waals surface area contributed by atoms with Crippen LogP contribution in [0.3, 0.4) is 0 Å². The van der Waals surface area contributed by atoms with Crippen LogP contribution in [0.4, 0.5) is 10.1 Å². The van der Waals surface area contributed by atoms with Gasteiger partial charge >= 0.3 is 0 Å². The van der Waals surface area contributed by atoms with Gasteiger partial charge in [0, 0.05) is 18.2 Å². The predicted octanol–water partition coefficient (Wildman–Crippen LogP) is 3.65. The van der Waals surface area contributed by atoms with Gasteiger partial charge in [0.2, 0.25) is 0 Å². The third-order valence-corrected chi connectivity index (χ3v) is 4.77. The molecule has 2 unspecified atom stereocenters. The van der Waals surface area contributed by atoms with Crippen molar-refractivity contribution >= 4 is 5.69 Å². The van der Waals surface area contributed by atoms with Crippen LogP contribution in [0, 0.1) is 11.7 Å². The Labute approximate surface area is 114 Å². The van der Waals surface area contributed by atoms with Crippen molar-refractivity contribution in [3.63, 3.8) is 0 Å². The number of aliphatic hydroxyl groups is 1. The lowest BCUT2D eigenvalue weighted by molar-refractivity contribution is 0.199. The monoisotopic (exact) mass is 263 g/mol. The smallest absolute Gasteiger partial charge is 0.146 e. The van der Waals surface area contributed by atoms with Crippen LogP contribution < -0.4 is 4.90 Å². The van der Waals surface area contributed by atoms with Crippen molar-refractivity contribution in [3.05, 3.63) is 29.6 Å². The van der Waals surface area contributed by atoms with Crippen LogP contribution >= 0.6 is 0 Å². The third-order valence-electron chi connectivity index (χ3n) is 4.77. The van der Waals surface area contributed by atoms with Crippen LogP contribution in [-0.2, 0) is 0 Å². The highest BCUT2D eigenvalue weighted by Gasteiger charge is 2.37. The number of nitrogens with zero attached hydrogens (tertiary/aromatic N) is 1. The molecule has 1 heterocycles. The van der Waals surface area contributed by atoms with Crippen molar-refractivity contribution in [2.24, 2.45) is 5.92 Å². The summed E-state index contributed by atoms with van der Waals surface area (Å²) in [5.41, 5.74) is 1.37. The molecule has 1 aliphatic heterocycles. The van der Waals surface area contributed by atoms with Gasteiger partial charge in [-0.25, -0.2) is 4.39 Å². The van der Waals surface area contributed by atoms with Crippen molar-refractivity contribution in [3.8, 4) is 0 Å². The van der Waals surface area contributed by atoms with E-state index in [1.165, 1.54) is 25.3 Å². The molecule has 0 bridgehead atoms. The summed E-state index contributed by atoms with van der Waals surface area (Å²) >= 11 is 0. The Kier molecular flexibility index (Phi) is 3.48. The fraction of sp³-hybridized carbons (Fsp3) is 0.625. The number of rotatable bonds is 2. The Bertz CT molecular complexity index is 460. The van der Waals surface area contributed by atoms with E-state index in [0.29, 0.717) is 11.7 Å². The normalized spacial score (nSPS) is 28.3. The average molecular weight is 263 g/mol. The Morgan fingerprint density at radius 1 is 1.26 bits per heavy atom. The zero-order chi connectivity index (χ0) is 13.4. The summed E-state index contributed by atoms with van der Waals surface area (Å²) in [5, 5.41) is 9.89. The van der Waals surface area contributed by atoms with E-state index in [1.54, 1.807) is 13.0 Å². The minimum absolute atomic E-state index is 0.190. The second-order valence-electron chi connectivity index (χ2n) is 5.95. The zero-order valence-corrected chi connectivity index (χ0v) is 11.5. The molecule has 1 aromatic rings. The molecule has 1 N–H and O–H groups in total. The molecule has 3 atom stereocenters. The number of para-hydroxylation sites is 1. The first-order valence-corrected chi connectivity index (χ1v) is 7.41. The number of benzene rings is 1. The quantitative estimate of drug-likeness (QED) is 0.880. The lowest BCUT2D eigenvalue weighted by Crippen LogP contribution is -2.36. The molecule has 3 rings (SSSR count). The average Bonchev–Trinajstić information content (AvgIpc) is 2.82. The molecular formula is C16H22FNO. The predicted molar refractivity (Wildman–Crippen MR) is 74.7 cm³/mol. The van der Waals surface area contributed by atoms with Gasteiger partial charge in [-0.05, 0) is 38.2 Å². The first-order valence-electron chi connectivity index (χ1n) is 7.41. The van der Waals surface area contributed by atoms with E-state index in [-0.39, 0.29) is 5.82 Å². The Balaban J connectivity index is 1.97. The molecule has 104 valence electrons. The van der Waals surface area contributed by atoms with Crippen molar-refractivity contribution in [2.45, 2.75) is 51.2 Å². The van der Waals surface area contributed by atoms with Crippen LogP contribution in [0.2, 0.25) is 0 Å². The zero-order valence-electron chi connectivity index (χ0n) is 11.5. The van der Waals surface area contributed by atoms with Gasteiger partial charge in [-0.2, -0.15) is 0 Å². The van der Waals surface area contributed by atoms with Gasteiger partial charge in [-0.1, -0.05) is 25.0 Å². The maximum absolute atomic E-state index is 14.3. The van der Waals surface area contributed by atoms with E-state index in [0.717, 1.165) is 30.9 Å². The van der Waals surface area contributed by atoms with Gasteiger partial charge in [-0.15, -0.1) is 0 Å². The van der Waals surface area contributed by atoms with E-state index in [4.69, 9.17) is 0 Å². The lowest BCUT2D eigenvalue weighted by atomic mass is 9.85. The van der Waals surface area contributed by atoms with Crippen molar-refractivity contribution in [1.29, 1.82) is 0 Å². The first-order chi connectivity index (χ1) is 9.18. The van der Waals surface area contributed by atoms with E-state index in [1.807, 2.05) is 6.07 Å².